The van der Waals surface area contributed by atoms with E-state index in [1.165, 1.54) is 19.2 Å². The van der Waals surface area contributed by atoms with Gasteiger partial charge in [-0.2, -0.15) is 0 Å². The van der Waals surface area contributed by atoms with Gasteiger partial charge in [-0.1, -0.05) is 0 Å². The molecule has 7 nitrogen and oxygen atoms in total. The Labute approximate surface area is 119 Å². The number of benzene rings is 1. The predicted octanol–water partition coefficient (Wildman–Crippen LogP) is 0.973. The second-order valence-electron chi connectivity index (χ2n) is 5.05. The van der Waals surface area contributed by atoms with E-state index < -0.39 is 12.0 Å². The van der Waals surface area contributed by atoms with Crippen molar-refractivity contribution >= 4 is 28.8 Å². The normalized spacial score (nSPS) is 18.8. The second kappa shape index (κ2) is 4.41. The van der Waals surface area contributed by atoms with Crippen LogP contribution in [0.4, 0.5) is 0 Å². The van der Waals surface area contributed by atoms with Crippen LogP contribution in [-0.4, -0.2) is 44.4 Å². The highest BCUT2D eigenvalue weighted by Crippen LogP contribution is 2.29. The molecule has 2 heterocycles. The molecule has 7 heteroatoms. The number of likely N-dealkylation sites (N-methyl/N-ethyl adjacent to an activating group) is 1. The highest BCUT2D eigenvalue weighted by atomic mass is 16.4. The van der Waals surface area contributed by atoms with Gasteiger partial charge in [0.25, 0.3) is 5.91 Å². The molecule has 1 atom stereocenters. The number of rotatable bonds is 2. The molecule has 108 valence electrons. The van der Waals surface area contributed by atoms with Crippen molar-refractivity contribution in [2.45, 2.75) is 19.4 Å². The van der Waals surface area contributed by atoms with Gasteiger partial charge in [0.2, 0.25) is 5.91 Å². The van der Waals surface area contributed by atoms with E-state index in [9.17, 15) is 14.4 Å². The Morgan fingerprint density at radius 3 is 2.67 bits per heavy atom. The lowest BCUT2D eigenvalue weighted by Gasteiger charge is -2.13. The molecular formula is C14H13N3O4. The summed E-state index contributed by atoms with van der Waals surface area (Å²) in [6, 6.07) is 3.90. The first-order valence-corrected chi connectivity index (χ1v) is 6.42. The number of likely N-dealkylation sites (tertiary alicyclic amines) is 1. The number of imide groups is 1. The van der Waals surface area contributed by atoms with Crippen molar-refractivity contribution in [1.29, 1.82) is 0 Å². The van der Waals surface area contributed by atoms with Gasteiger partial charge < -0.3 is 9.67 Å². The summed E-state index contributed by atoms with van der Waals surface area (Å²) in [7, 11) is 1.45. The molecule has 1 aromatic heterocycles. The highest BCUT2D eigenvalue weighted by molar-refractivity contribution is 6.05. The molecule has 2 amide bonds. The largest absolute Gasteiger partial charge is 0.478 e. The van der Waals surface area contributed by atoms with Crippen molar-refractivity contribution in [3.63, 3.8) is 0 Å². The van der Waals surface area contributed by atoms with Gasteiger partial charge in [0.15, 0.2) is 0 Å². The molecule has 1 aliphatic rings. The van der Waals surface area contributed by atoms with Crippen molar-refractivity contribution in [3.8, 4) is 0 Å². The Bertz CT molecular complexity index is 793. The Hall–Kier alpha value is -2.70. The number of carbonyl (C=O) groups excluding carboxylic acids is 2. The van der Waals surface area contributed by atoms with Gasteiger partial charge in [0.05, 0.1) is 23.0 Å². The van der Waals surface area contributed by atoms with Crippen molar-refractivity contribution in [2.75, 3.05) is 7.05 Å². The minimum Gasteiger partial charge on any atom is -0.478 e. The number of carbonyl (C=O) groups is 3. The number of hydrogen-bond donors (Lipinski definition) is 1. The van der Waals surface area contributed by atoms with Gasteiger partial charge in [-0.3, -0.25) is 14.5 Å². The zero-order valence-electron chi connectivity index (χ0n) is 11.5. The third kappa shape index (κ3) is 1.89. The molecular weight excluding hydrogens is 274 g/mol. The van der Waals surface area contributed by atoms with E-state index in [0.717, 1.165) is 4.90 Å². The van der Waals surface area contributed by atoms with Crippen molar-refractivity contribution in [3.05, 3.63) is 29.6 Å². The summed E-state index contributed by atoms with van der Waals surface area (Å²) in [5.74, 6) is -1.02. The van der Waals surface area contributed by atoms with Crippen LogP contribution in [0.1, 0.15) is 28.6 Å². The molecule has 1 aromatic carbocycles. The number of carboxylic acids is 1. The molecule has 0 radical (unpaired) electrons. The zero-order valence-corrected chi connectivity index (χ0v) is 11.5. The Kier molecular flexibility index (Phi) is 2.79. The molecule has 1 unspecified atom stereocenters. The Morgan fingerprint density at radius 2 is 2.10 bits per heavy atom. The van der Waals surface area contributed by atoms with Crippen LogP contribution in [0.25, 0.3) is 11.0 Å². The first-order chi connectivity index (χ1) is 9.90. The number of nitrogens with zero attached hydrogens (tertiary/aromatic N) is 3. The molecule has 1 saturated heterocycles. The molecule has 1 N–H and O–H groups in total. The third-order valence-electron chi connectivity index (χ3n) is 3.78. The van der Waals surface area contributed by atoms with Crippen molar-refractivity contribution < 1.29 is 19.5 Å². The lowest BCUT2D eigenvalue weighted by Crippen LogP contribution is -2.27. The first kappa shape index (κ1) is 13.3. The lowest BCUT2D eigenvalue weighted by atomic mass is 10.1. The van der Waals surface area contributed by atoms with Crippen molar-refractivity contribution in [1.82, 2.24) is 14.5 Å². The van der Waals surface area contributed by atoms with Gasteiger partial charge in [0.1, 0.15) is 11.9 Å². The van der Waals surface area contributed by atoms with Crippen LogP contribution in [0.3, 0.4) is 0 Å². The van der Waals surface area contributed by atoms with Gasteiger partial charge in [-0.15, -0.1) is 0 Å². The summed E-state index contributed by atoms with van der Waals surface area (Å²) in [5.41, 5.74) is 1.27. The molecule has 0 aliphatic carbocycles. The van der Waals surface area contributed by atoms with E-state index in [4.69, 9.17) is 5.11 Å². The summed E-state index contributed by atoms with van der Waals surface area (Å²) in [6.07, 6.45) is 0.0684. The monoisotopic (exact) mass is 287 g/mol. The summed E-state index contributed by atoms with van der Waals surface area (Å²) < 4.78 is 1.64. The summed E-state index contributed by atoms with van der Waals surface area (Å²) >= 11 is 0. The third-order valence-corrected chi connectivity index (χ3v) is 3.78. The number of aryl methyl sites for hydroxylation is 1. The maximum Gasteiger partial charge on any atom is 0.335 e. The van der Waals surface area contributed by atoms with Crippen LogP contribution >= 0.6 is 0 Å². The minimum atomic E-state index is -1.05. The van der Waals surface area contributed by atoms with Gasteiger partial charge in [-0.05, 0) is 25.1 Å². The molecule has 3 rings (SSSR count). The van der Waals surface area contributed by atoms with Gasteiger partial charge in [-0.25, -0.2) is 9.78 Å². The maximum atomic E-state index is 12.2. The Morgan fingerprint density at radius 1 is 1.38 bits per heavy atom. The standard InChI is InChI=1S/C14H13N3O4/c1-7-15-9-4-3-8(14(20)21)5-10(9)17(7)11-6-12(18)16(2)13(11)19/h3-5,11H,6H2,1-2H3,(H,20,21). The van der Waals surface area contributed by atoms with E-state index in [-0.39, 0.29) is 23.8 Å². The van der Waals surface area contributed by atoms with Crippen LogP contribution in [0, 0.1) is 6.92 Å². The van der Waals surface area contributed by atoms with Crippen LogP contribution in [0.2, 0.25) is 0 Å². The van der Waals surface area contributed by atoms with Gasteiger partial charge in [0, 0.05) is 7.05 Å². The maximum absolute atomic E-state index is 12.2. The number of aromatic carboxylic acids is 1. The second-order valence-corrected chi connectivity index (χ2v) is 5.05. The van der Waals surface area contributed by atoms with E-state index in [2.05, 4.69) is 4.98 Å². The molecule has 2 aromatic rings. The summed E-state index contributed by atoms with van der Waals surface area (Å²) in [4.78, 5) is 40.4. The molecule has 1 aliphatic heterocycles. The summed E-state index contributed by atoms with van der Waals surface area (Å²) in [5, 5.41) is 9.08. The number of carboxylic acid groups (broad SMARTS) is 1. The fourth-order valence-corrected chi connectivity index (χ4v) is 2.68. The van der Waals surface area contributed by atoms with E-state index in [1.807, 2.05) is 0 Å². The molecule has 21 heavy (non-hydrogen) atoms. The van der Waals surface area contributed by atoms with Crippen LogP contribution in [-0.2, 0) is 9.59 Å². The molecule has 1 fully saturated rings. The fraction of sp³-hybridized carbons (Fsp3) is 0.286. The number of fused-ring (bicyclic) bond motifs is 1. The van der Waals surface area contributed by atoms with Gasteiger partial charge >= 0.3 is 5.97 Å². The smallest absolute Gasteiger partial charge is 0.335 e. The number of hydrogen-bond acceptors (Lipinski definition) is 4. The van der Waals surface area contributed by atoms with Crippen LogP contribution in [0.5, 0.6) is 0 Å². The number of imidazole rings is 1. The number of amides is 2. The quantitative estimate of drug-likeness (QED) is 0.831. The molecule has 0 bridgehead atoms. The average molecular weight is 287 g/mol. The van der Waals surface area contributed by atoms with E-state index >= 15 is 0 Å². The van der Waals surface area contributed by atoms with Crippen LogP contribution < -0.4 is 0 Å². The predicted molar refractivity (Wildman–Crippen MR) is 72.9 cm³/mol. The van der Waals surface area contributed by atoms with E-state index in [0.29, 0.717) is 16.9 Å². The number of aromatic nitrogens is 2. The topological polar surface area (TPSA) is 92.5 Å². The Balaban J connectivity index is 2.20. The minimum absolute atomic E-state index is 0.0684. The van der Waals surface area contributed by atoms with E-state index in [1.54, 1.807) is 17.6 Å². The lowest BCUT2D eigenvalue weighted by molar-refractivity contribution is -0.137. The SMILES string of the molecule is Cc1nc2ccc(C(=O)O)cc2n1C1CC(=O)N(C)C1=O. The zero-order chi connectivity index (χ0) is 15.3. The van der Waals surface area contributed by atoms with Crippen molar-refractivity contribution in [2.24, 2.45) is 0 Å². The molecule has 0 spiro atoms. The average Bonchev–Trinajstić information content (AvgIpc) is 2.89. The fourth-order valence-electron chi connectivity index (χ4n) is 2.68. The summed E-state index contributed by atoms with van der Waals surface area (Å²) in [6.45, 7) is 1.73. The first-order valence-electron chi connectivity index (χ1n) is 6.42. The molecule has 0 saturated carbocycles. The highest BCUT2D eigenvalue weighted by Gasteiger charge is 2.38. The van der Waals surface area contributed by atoms with Crippen LogP contribution in [0.15, 0.2) is 18.2 Å².